The Morgan fingerprint density at radius 1 is 1.26 bits per heavy atom. The maximum Gasteiger partial charge on any atom is 0.240 e. The third-order valence-corrected chi connectivity index (χ3v) is 6.03. The first-order valence-electron chi connectivity index (χ1n) is 9.10. The predicted molar refractivity (Wildman–Crippen MR) is 96.8 cm³/mol. The molecule has 2 fully saturated rings. The smallest absolute Gasteiger partial charge is 0.240 e. The van der Waals surface area contributed by atoms with Gasteiger partial charge >= 0.3 is 0 Å². The van der Waals surface area contributed by atoms with Gasteiger partial charge in [0.05, 0.1) is 6.10 Å². The lowest BCUT2D eigenvalue weighted by Crippen LogP contribution is -2.75. The molecule has 5 heteroatoms. The van der Waals surface area contributed by atoms with Crippen LogP contribution >= 0.6 is 12.4 Å². The SMILES string of the molecule is CCOC1CC(N)(C(=O)NCCCCC2CCCC2)C1(C)C.Cl. The summed E-state index contributed by atoms with van der Waals surface area (Å²) in [6.07, 6.45) is 9.96. The fourth-order valence-electron chi connectivity index (χ4n) is 4.04. The monoisotopic (exact) mass is 346 g/mol. The van der Waals surface area contributed by atoms with Gasteiger partial charge in [0, 0.05) is 25.0 Å². The van der Waals surface area contributed by atoms with Crippen molar-refractivity contribution in [2.75, 3.05) is 13.2 Å². The highest BCUT2D eigenvalue weighted by molar-refractivity contribution is 5.88. The summed E-state index contributed by atoms with van der Waals surface area (Å²) in [7, 11) is 0. The highest BCUT2D eigenvalue weighted by Crippen LogP contribution is 2.49. The average molecular weight is 347 g/mol. The molecule has 2 rings (SSSR count). The zero-order chi connectivity index (χ0) is 16.2. The van der Waals surface area contributed by atoms with E-state index in [-0.39, 0.29) is 29.8 Å². The third-order valence-electron chi connectivity index (χ3n) is 6.03. The summed E-state index contributed by atoms with van der Waals surface area (Å²) in [5.41, 5.74) is 5.29. The van der Waals surface area contributed by atoms with Crippen LogP contribution in [0.5, 0.6) is 0 Å². The van der Waals surface area contributed by atoms with Crippen molar-refractivity contribution in [2.45, 2.75) is 83.8 Å². The van der Waals surface area contributed by atoms with E-state index in [9.17, 15) is 4.79 Å². The molecular weight excluding hydrogens is 312 g/mol. The Balaban J connectivity index is 0.00000264. The van der Waals surface area contributed by atoms with Crippen LogP contribution < -0.4 is 11.1 Å². The fourth-order valence-corrected chi connectivity index (χ4v) is 4.04. The molecule has 0 aromatic heterocycles. The van der Waals surface area contributed by atoms with Gasteiger partial charge in [-0.2, -0.15) is 0 Å². The van der Waals surface area contributed by atoms with Gasteiger partial charge in [-0.05, 0) is 19.3 Å². The quantitative estimate of drug-likeness (QED) is 0.662. The van der Waals surface area contributed by atoms with E-state index >= 15 is 0 Å². The molecule has 1 amide bonds. The molecule has 0 heterocycles. The van der Waals surface area contributed by atoms with Crippen molar-refractivity contribution < 1.29 is 9.53 Å². The van der Waals surface area contributed by atoms with Crippen molar-refractivity contribution in [3.63, 3.8) is 0 Å². The minimum atomic E-state index is -0.779. The van der Waals surface area contributed by atoms with E-state index in [1.54, 1.807) is 0 Å². The maximum absolute atomic E-state index is 12.4. The summed E-state index contributed by atoms with van der Waals surface area (Å²) >= 11 is 0. The molecule has 0 radical (unpaired) electrons. The van der Waals surface area contributed by atoms with E-state index in [2.05, 4.69) is 5.32 Å². The van der Waals surface area contributed by atoms with Gasteiger partial charge in [0.2, 0.25) is 5.91 Å². The summed E-state index contributed by atoms with van der Waals surface area (Å²) in [5.74, 6) is 0.934. The molecule has 2 unspecified atom stereocenters. The minimum absolute atomic E-state index is 0. The van der Waals surface area contributed by atoms with Crippen LogP contribution in [0.2, 0.25) is 0 Å². The number of carbonyl (C=O) groups is 1. The van der Waals surface area contributed by atoms with E-state index in [1.807, 2.05) is 20.8 Å². The summed E-state index contributed by atoms with van der Waals surface area (Å²) in [6.45, 7) is 7.48. The van der Waals surface area contributed by atoms with Crippen LogP contribution in [0.25, 0.3) is 0 Å². The van der Waals surface area contributed by atoms with Crippen LogP contribution in [0.4, 0.5) is 0 Å². The first-order valence-corrected chi connectivity index (χ1v) is 9.10. The molecule has 2 atom stereocenters. The van der Waals surface area contributed by atoms with E-state index in [4.69, 9.17) is 10.5 Å². The molecule has 0 aliphatic heterocycles. The lowest BCUT2D eigenvalue weighted by atomic mass is 9.54. The Labute approximate surface area is 147 Å². The zero-order valence-electron chi connectivity index (χ0n) is 15.0. The second-order valence-electron chi connectivity index (χ2n) is 7.74. The highest BCUT2D eigenvalue weighted by atomic mass is 35.5. The van der Waals surface area contributed by atoms with Crippen molar-refractivity contribution in [3.8, 4) is 0 Å². The highest BCUT2D eigenvalue weighted by Gasteiger charge is 2.62. The van der Waals surface area contributed by atoms with Crippen molar-refractivity contribution in [1.29, 1.82) is 0 Å². The van der Waals surface area contributed by atoms with Crippen molar-refractivity contribution in [1.82, 2.24) is 5.32 Å². The Kier molecular flexibility index (Phi) is 7.82. The number of rotatable bonds is 8. The molecule has 4 nitrogen and oxygen atoms in total. The normalized spacial score (nSPS) is 29.7. The number of halogens is 1. The number of carbonyl (C=O) groups excluding carboxylic acids is 1. The van der Waals surface area contributed by atoms with Gasteiger partial charge < -0.3 is 15.8 Å². The molecule has 2 aliphatic carbocycles. The summed E-state index contributed by atoms with van der Waals surface area (Å²) in [4.78, 5) is 12.4. The van der Waals surface area contributed by atoms with Crippen molar-refractivity contribution >= 4 is 18.3 Å². The molecule has 2 aliphatic rings. The van der Waals surface area contributed by atoms with E-state index in [0.717, 1.165) is 18.9 Å². The first-order chi connectivity index (χ1) is 10.4. The zero-order valence-corrected chi connectivity index (χ0v) is 15.8. The summed E-state index contributed by atoms with van der Waals surface area (Å²) < 4.78 is 5.68. The van der Waals surface area contributed by atoms with Gasteiger partial charge in [0.1, 0.15) is 5.54 Å². The predicted octanol–water partition coefficient (Wildman–Crippen LogP) is 3.42. The number of nitrogens with two attached hydrogens (primary N) is 1. The third kappa shape index (κ3) is 4.40. The molecule has 23 heavy (non-hydrogen) atoms. The van der Waals surface area contributed by atoms with Gasteiger partial charge in [0.25, 0.3) is 0 Å². The number of nitrogens with one attached hydrogen (secondary N) is 1. The van der Waals surface area contributed by atoms with E-state index in [1.165, 1.54) is 38.5 Å². The Morgan fingerprint density at radius 2 is 1.91 bits per heavy atom. The molecule has 0 aromatic rings. The molecule has 0 bridgehead atoms. The van der Waals surface area contributed by atoms with Crippen LogP contribution in [0.3, 0.4) is 0 Å². The van der Waals surface area contributed by atoms with E-state index in [0.29, 0.717) is 13.0 Å². The van der Waals surface area contributed by atoms with Crippen LogP contribution in [-0.2, 0) is 9.53 Å². The van der Waals surface area contributed by atoms with Gasteiger partial charge in [-0.1, -0.05) is 52.4 Å². The van der Waals surface area contributed by atoms with Crippen LogP contribution in [-0.4, -0.2) is 30.7 Å². The second-order valence-corrected chi connectivity index (χ2v) is 7.74. The van der Waals surface area contributed by atoms with Gasteiger partial charge in [-0.3, -0.25) is 4.79 Å². The van der Waals surface area contributed by atoms with Crippen LogP contribution in [0, 0.1) is 11.3 Å². The summed E-state index contributed by atoms with van der Waals surface area (Å²) in [5, 5.41) is 3.05. The average Bonchev–Trinajstić information content (AvgIpc) is 2.99. The summed E-state index contributed by atoms with van der Waals surface area (Å²) in [6, 6.07) is 0. The van der Waals surface area contributed by atoms with Crippen molar-refractivity contribution in [2.24, 2.45) is 17.1 Å². The number of amides is 1. The van der Waals surface area contributed by atoms with E-state index < -0.39 is 5.54 Å². The van der Waals surface area contributed by atoms with Gasteiger partial charge in [0.15, 0.2) is 0 Å². The molecule has 0 saturated heterocycles. The molecule has 3 N–H and O–H groups in total. The molecule has 136 valence electrons. The molecular formula is C18H35ClN2O2. The maximum atomic E-state index is 12.4. The van der Waals surface area contributed by atoms with Crippen molar-refractivity contribution in [3.05, 3.63) is 0 Å². The standard InChI is InChI=1S/C18H34N2O2.ClH/c1-4-22-15-13-18(19,17(15,2)3)16(21)20-12-8-7-11-14-9-5-6-10-14;/h14-15H,4-13,19H2,1-3H3,(H,20,21);1H. The second kappa shape index (κ2) is 8.68. The van der Waals surface area contributed by atoms with Crippen LogP contribution in [0.15, 0.2) is 0 Å². The minimum Gasteiger partial charge on any atom is -0.378 e. The number of ether oxygens (including phenoxy) is 1. The topological polar surface area (TPSA) is 64.3 Å². The molecule has 2 saturated carbocycles. The largest absolute Gasteiger partial charge is 0.378 e. The number of hydrogen-bond acceptors (Lipinski definition) is 3. The Bertz CT molecular complexity index is 383. The molecule has 0 aromatic carbocycles. The lowest BCUT2D eigenvalue weighted by molar-refractivity contribution is -0.170. The fraction of sp³-hybridized carbons (Fsp3) is 0.944. The molecule has 0 spiro atoms. The number of hydrogen-bond donors (Lipinski definition) is 2. The Morgan fingerprint density at radius 3 is 2.48 bits per heavy atom. The van der Waals surface area contributed by atoms with Crippen LogP contribution in [0.1, 0.15) is 72.1 Å². The van der Waals surface area contributed by atoms with Gasteiger partial charge in [-0.25, -0.2) is 0 Å². The lowest BCUT2D eigenvalue weighted by Gasteiger charge is -2.57. The van der Waals surface area contributed by atoms with Gasteiger partial charge in [-0.15, -0.1) is 12.4 Å². The first kappa shape index (κ1) is 20.7. The Hall–Kier alpha value is -0.320. The number of unbranched alkanes of at least 4 members (excludes halogenated alkanes) is 1.